The van der Waals surface area contributed by atoms with Crippen LogP contribution in [0.25, 0.3) is 10.9 Å². The first kappa shape index (κ1) is 17.7. The molecule has 0 radical (unpaired) electrons. The molecule has 0 saturated heterocycles. The number of fused-ring (bicyclic) bond motifs is 1. The van der Waals surface area contributed by atoms with Crippen LogP contribution in [-0.4, -0.2) is 32.3 Å². The molecule has 2 aromatic carbocycles. The van der Waals surface area contributed by atoms with E-state index in [1.807, 2.05) is 61.5 Å². The molecule has 0 fully saturated rings. The van der Waals surface area contributed by atoms with Crippen LogP contribution in [0.1, 0.15) is 12.5 Å². The second kappa shape index (κ2) is 7.91. The van der Waals surface area contributed by atoms with Gasteiger partial charge < -0.3 is 15.4 Å². The van der Waals surface area contributed by atoms with E-state index < -0.39 is 0 Å². The van der Waals surface area contributed by atoms with Crippen LogP contribution in [0.2, 0.25) is 0 Å². The van der Waals surface area contributed by atoms with E-state index in [4.69, 9.17) is 4.74 Å². The van der Waals surface area contributed by atoms with Gasteiger partial charge in [-0.25, -0.2) is 4.98 Å². The minimum absolute atomic E-state index is 0.476. The third-order valence-electron chi connectivity index (χ3n) is 4.33. The predicted octanol–water partition coefficient (Wildman–Crippen LogP) is 3.61. The molecule has 2 aromatic heterocycles. The van der Waals surface area contributed by atoms with Crippen molar-refractivity contribution >= 4 is 28.4 Å². The first-order valence-electron chi connectivity index (χ1n) is 9.06. The Morgan fingerprint density at radius 1 is 1.07 bits per heavy atom. The molecule has 0 aliphatic heterocycles. The maximum absolute atomic E-state index is 5.39. The normalized spacial score (nSPS) is 10.8. The van der Waals surface area contributed by atoms with E-state index in [1.54, 1.807) is 7.11 Å². The Hall–Kier alpha value is -3.68. The Morgan fingerprint density at radius 3 is 2.79 bits per heavy atom. The zero-order chi connectivity index (χ0) is 19.3. The van der Waals surface area contributed by atoms with E-state index in [1.165, 1.54) is 4.80 Å². The number of para-hydroxylation sites is 1. The molecule has 0 spiro atoms. The lowest BCUT2D eigenvalue weighted by atomic mass is 10.2. The number of benzene rings is 2. The molecule has 4 rings (SSSR count). The highest BCUT2D eigenvalue weighted by molar-refractivity contribution is 5.84. The quantitative estimate of drug-likeness (QED) is 0.510. The van der Waals surface area contributed by atoms with E-state index in [-0.39, 0.29) is 0 Å². The molecule has 0 bridgehead atoms. The van der Waals surface area contributed by atoms with Crippen LogP contribution in [0.15, 0.2) is 54.6 Å². The maximum atomic E-state index is 5.39. The molecule has 4 aromatic rings. The molecule has 142 valence electrons. The van der Waals surface area contributed by atoms with Gasteiger partial charge in [-0.2, -0.15) is 4.80 Å². The first-order chi connectivity index (χ1) is 13.7. The number of ether oxygens (including phenoxy) is 1. The summed E-state index contributed by atoms with van der Waals surface area (Å²) in [6.45, 7) is 3.29. The lowest BCUT2D eigenvalue weighted by Gasteiger charge is -2.10. The van der Waals surface area contributed by atoms with Crippen LogP contribution < -0.4 is 15.4 Å². The summed E-state index contributed by atoms with van der Waals surface area (Å²) in [6, 6.07) is 17.9. The SMILES string of the molecule is CCn1nnc(Nc2ccc3nc(NCc4ccccc4OC)ccc3c2)n1. The number of anilines is 3. The second-order valence-corrected chi connectivity index (χ2v) is 6.20. The first-order valence-corrected chi connectivity index (χ1v) is 9.06. The minimum atomic E-state index is 0.476. The molecular formula is C20H21N7O. The molecule has 28 heavy (non-hydrogen) atoms. The zero-order valence-corrected chi connectivity index (χ0v) is 15.8. The van der Waals surface area contributed by atoms with Gasteiger partial charge in [-0.15, -0.1) is 5.10 Å². The molecule has 0 unspecified atom stereocenters. The van der Waals surface area contributed by atoms with Gasteiger partial charge in [0.1, 0.15) is 11.6 Å². The Bertz CT molecular complexity index is 1090. The summed E-state index contributed by atoms with van der Waals surface area (Å²) in [5.41, 5.74) is 2.87. The van der Waals surface area contributed by atoms with Gasteiger partial charge in [0.25, 0.3) is 5.95 Å². The Kier molecular flexibility index (Phi) is 5.01. The van der Waals surface area contributed by atoms with Crippen molar-refractivity contribution in [2.45, 2.75) is 20.0 Å². The Balaban J connectivity index is 1.48. The lowest BCUT2D eigenvalue weighted by Crippen LogP contribution is -2.03. The molecular weight excluding hydrogens is 354 g/mol. The maximum Gasteiger partial charge on any atom is 0.267 e. The van der Waals surface area contributed by atoms with Crippen LogP contribution in [0, 0.1) is 0 Å². The standard InChI is InChI=1S/C20H21N7O/c1-3-27-25-20(24-26-27)22-16-9-10-17-14(12-16)8-11-19(23-17)21-13-15-6-4-5-7-18(15)28-2/h4-12H,3,13H2,1-2H3,(H,21,23)(H,22,25). The number of methoxy groups -OCH3 is 1. The van der Waals surface area contributed by atoms with Gasteiger partial charge in [0, 0.05) is 23.2 Å². The van der Waals surface area contributed by atoms with Crippen molar-refractivity contribution in [3.05, 3.63) is 60.2 Å². The monoisotopic (exact) mass is 375 g/mol. The second-order valence-electron chi connectivity index (χ2n) is 6.20. The average molecular weight is 375 g/mol. The average Bonchev–Trinajstić information content (AvgIpc) is 3.20. The summed E-state index contributed by atoms with van der Waals surface area (Å²) in [5.74, 6) is 2.15. The molecule has 8 nitrogen and oxygen atoms in total. The van der Waals surface area contributed by atoms with Gasteiger partial charge in [-0.05, 0) is 48.5 Å². The summed E-state index contributed by atoms with van der Waals surface area (Å²) in [6.07, 6.45) is 0. The number of pyridine rings is 1. The zero-order valence-electron chi connectivity index (χ0n) is 15.8. The highest BCUT2D eigenvalue weighted by Crippen LogP contribution is 2.23. The number of aryl methyl sites for hydroxylation is 1. The fraction of sp³-hybridized carbons (Fsp3) is 0.200. The van der Waals surface area contributed by atoms with Crippen LogP contribution in [0.4, 0.5) is 17.5 Å². The van der Waals surface area contributed by atoms with Crippen LogP contribution in [-0.2, 0) is 13.1 Å². The van der Waals surface area contributed by atoms with Gasteiger partial charge in [0.15, 0.2) is 0 Å². The van der Waals surface area contributed by atoms with Gasteiger partial charge in [0.05, 0.1) is 19.2 Å². The third-order valence-corrected chi connectivity index (χ3v) is 4.33. The molecule has 2 heterocycles. The number of nitrogens with one attached hydrogen (secondary N) is 2. The van der Waals surface area contributed by atoms with E-state index in [2.05, 4.69) is 31.0 Å². The highest BCUT2D eigenvalue weighted by Gasteiger charge is 2.05. The van der Waals surface area contributed by atoms with Crippen LogP contribution >= 0.6 is 0 Å². The van der Waals surface area contributed by atoms with Gasteiger partial charge in [-0.1, -0.05) is 23.3 Å². The molecule has 0 aliphatic carbocycles. The van der Waals surface area contributed by atoms with Gasteiger partial charge in [0.2, 0.25) is 0 Å². The Labute approximate surface area is 162 Å². The topological polar surface area (TPSA) is 89.8 Å². The predicted molar refractivity (Wildman–Crippen MR) is 109 cm³/mol. The molecule has 0 aliphatic rings. The van der Waals surface area contributed by atoms with Crippen molar-refractivity contribution in [1.29, 1.82) is 0 Å². The fourth-order valence-electron chi connectivity index (χ4n) is 2.89. The van der Waals surface area contributed by atoms with Crippen molar-refractivity contribution in [1.82, 2.24) is 25.2 Å². The number of aromatic nitrogens is 5. The summed E-state index contributed by atoms with van der Waals surface area (Å²) in [4.78, 5) is 6.22. The van der Waals surface area contributed by atoms with Crippen LogP contribution in [0.5, 0.6) is 5.75 Å². The van der Waals surface area contributed by atoms with Gasteiger partial charge >= 0.3 is 0 Å². The summed E-state index contributed by atoms with van der Waals surface area (Å²) < 4.78 is 5.39. The van der Waals surface area contributed by atoms with Crippen molar-refractivity contribution in [3.63, 3.8) is 0 Å². The summed E-state index contributed by atoms with van der Waals surface area (Å²) >= 11 is 0. The summed E-state index contributed by atoms with van der Waals surface area (Å²) in [5, 5.41) is 19.7. The van der Waals surface area contributed by atoms with E-state index in [0.717, 1.165) is 33.7 Å². The number of rotatable bonds is 7. The third kappa shape index (κ3) is 3.85. The van der Waals surface area contributed by atoms with Crippen molar-refractivity contribution < 1.29 is 4.74 Å². The minimum Gasteiger partial charge on any atom is -0.496 e. The number of hydrogen-bond donors (Lipinski definition) is 2. The molecule has 8 heteroatoms. The number of hydrogen-bond acceptors (Lipinski definition) is 7. The summed E-state index contributed by atoms with van der Waals surface area (Å²) in [7, 11) is 1.68. The van der Waals surface area contributed by atoms with Crippen molar-refractivity contribution in [3.8, 4) is 5.75 Å². The van der Waals surface area contributed by atoms with Crippen LogP contribution in [0.3, 0.4) is 0 Å². The largest absolute Gasteiger partial charge is 0.496 e. The number of tetrazole rings is 1. The molecule has 2 N–H and O–H groups in total. The van der Waals surface area contributed by atoms with E-state index in [9.17, 15) is 0 Å². The molecule has 0 saturated carbocycles. The van der Waals surface area contributed by atoms with E-state index in [0.29, 0.717) is 19.0 Å². The van der Waals surface area contributed by atoms with Crippen molar-refractivity contribution in [2.75, 3.05) is 17.7 Å². The number of nitrogens with zero attached hydrogens (tertiary/aromatic N) is 5. The molecule has 0 atom stereocenters. The lowest BCUT2D eigenvalue weighted by molar-refractivity contribution is 0.410. The van der Waals surface area contributed by atoms with Gasteiger partial charge in [-0.3, -0.25) is 0 Å². The van der Waals surface area contributed by atoms with E-state index >= 15 is 0 Å². The highest BCUT2D eigenvalue weighted by atomic mass is 16.5. The smallest absolute Gasteiger partial charge is 0.267 e. The fourth-order valence-corrected chi connectivity index (χ4v) is 2.89. The van der Waals surface area contributed by atoms with Crippen molar-refractivity contribution in [2.24, 2.45) is 0 Å². The molecule has 0 amide bonds. The Morgan fingerprint density at radius 2 is 1.96 bits per heavy atom.